The highest BCUT2D eigenvalue weighted by molar-refractivity contribution is 7.92. The number of carboxylic acids is 1. The minimum absolute atomic E-state index is 0.114. The van der Waals surface area contributed by atoms with Gasteiger partial charge in [-0.15, -0.1) is 0 Å². The summed E-state index contributed by atoms with van der Waals surface area (Å²) in [6, 6.07) is 10.2. The smallest absolute Gasteiger partial charge is 0.262 e. The van der Waals surface area contributed by atoms with E-state index in [1.165, 1.54) is 25.3 Å². The van der Waals surface area contributed by atoms with Crippen molar-refractivity contribution in [3.05, 3.63) is 53.6 Å². The molecule has 0 atom stereocenters. The normalized spacial score (nSPS) is 11.0. The van der Waals surface area contributed by atoms with Gasteiger partial charge in [-0.25, -0.2) is 8.42 Å². The van der Waals surface area contributed by atoms with Crippen molar-refractivity contribution in [1.82, 2.24) is 0 Å². The van der Waals surface area contributed by atoms with Gasteiger partial charge in [0.25, 0.3) is 10.0 Å². The Morgan fingerprint density at radius 2 is 1.91 bits per heavy atom. The number of benzene rings is 2. The Morgan fingerprint density at radius 3 is 2.55 bits per heavy atom. The van der Waals surface area contributed by atoms with Crippen molar-refractivity contribution < 1.29 is 23.1 Å². The molecule has 0 unspecified atom stereocenters. The van der Waals surface area contributed by atoms with Gasteiger partial charge < -0.3 is 14.6 Å². The lowest BCUT2D eigenvalue weighted by atomic mass is 10.1. The lowest BCUT2D eigenvalue weighted by Crippen LogP contribution is -2.23. The van der Waals surface area contributed by atoms with E-state index in [4.69, 9.17) is 4.74 Å². The molecule has 2 aromatic carbocycles. The minimum atomic E-state index is -3.92. The Labute approximate surface area is 128 Å². The first-order valence-corrected chi connectivity index (χ1v) is 7.80. The van der Waals surface area contributed by atoms with E-state index in [2.05, 4.69) is 4.72 Å². The fourth-order valence-electron chi connectivity index (χ4n) is 1.91. The third kappa shape index (κ3) is 3.37. The van der Waals surface area contributed by atoms with Gasteiger partial charge in [-0.3, -0.25) is 4.72 Å². The molecule has 0 bridgehead atoms. The molecule has 7 heteroatoms. The molecule has 6 nitrogen and oxygen atoms in total. The fraction of sp³-hybridized carbons (Fsp3) is 0.133. The fourth-order valence-corrected chi connectivity index (χ4v) is 3.23. The van der Waals surface area contributed by atoms with Gasteiger partial charge in [-0.05, 0) is 36.2 Å². The van der Waals surface area contributed by atoms with Gasteiger partial charge in [0, 0.05) is 6.07 Å². The number of methoxy groups -OCH3 is 1. The van der Waals surface area contributed by atoms with E-state index in [1.807, 2.05) is 0 Å². The van der Waals surface area contributed by atoms with Gasteiger partial charge >= 0.3 is 0 Å². The molecule has 2 rings (SSSR count). The summed E-state index contributed by atoms with van der Waals surface area (Å²) >= 11 is 0. The molecule has 0 aliphatic rings. The second kappa shape index (κ2) is 6.07. The topological polar surface area (TPSA) is 95.5 Å². The van der Waals surface area contributed by atoms with E-state index in [-0.39, 0.29) is 10.5 Å². The molecule has 22 heavy (non-hydrogen) atoms. The van der Waals surface area contributed by atoms with Gasteiger partial charge in [-0.2, -0.15) is 0 Å². The van der Waals surface area contributed by atoms with E-state index in [9.17, 15) is 18.3 Å². The molecular weight excluding hydrogens is 306 g/mol. The average molecular weight is 320 g/mol. The van der Waals surface area contributed by atoms with Crippen molar-refractivity contribution in [2.45, 2.75) is 11.8 Å². The summed E-state index contributed by atoms with van der Waals surface area (Å²) in [6.45, 7) is 1.58. The lowest BCUT2D eigenvalue weighted by Gasteiger charge is -2.13. The second-order valence-electron chi connectivity index (χ2n) is 4.61. The van der Waals surface area contributed by atoms with E-state index >= 15 is 0 Å². The van der Waals surface area contributed by atoms with Crippen LogP contribution in [0.1, 0.15) is 15.9 Å². The molecule has 0 fully saturated rings. The number of aryl methyl sites for hydroxylation is 1. The summed E-state index contributed by atoms with van der Waals surface area (Å²) < 4.78 is 32.3. The number of rotatable bonds is 5. The molecule has 0 heterocycles. The largest absolute Gasteiger partial charge is 0.545 e. The monoisotopic (exact) mass is 320 g/mol. The standard InChI is InChI=1S/C15H15NO5S/c1-10-6-7-11(15(17)18)8-14(10)22(19,20)16-12-4-3-5-13(9-12)21-2/h3-9,16H,1-2H3,(H,17,18)/p-1. The molecule has 2 aromatic rings. The van der Waals surface area contributed by atoms with Crippen LogP contribution in [0.2, 0.25) is 0 Å². The third-order valence-corrected chi connectivity index (χ3v) is 4.56. The molecule has 0 aliphatic heterocycles. The molecule has 1 N–H and O–H groups in total. The average Bonchev–Trinajstić information content (AvgIpc) is 2.47. The van der Waals surface area contributed by atoms with Crippen LogP contribution in [0, 0.1) is 6.92 Å². The van der Waals surface area contributed by atoms with Crippen molar-refractivity contribution in [3.8, 4) is 5.75 Å². The number of hydrogen-bond donors (Lipinski definition) is 1. The first-order chi connectivity index (χ1) is 10.3. The molecule has 0 aliphatic carbocycles. The van der Waals surface area contributed by atoms with Crippen LogP contribution in [0.3, 0.4) is 0 Å². The quantitative estimate of drug-likeness (QED) is 0.892. The highest BCUT2D eigenvalue weighted by Gasteiger charge is 2.18. The Morgan fingerprint density at radius 1 is 1.18 bits per heavy atom. The van der Waals surface area contributed by atoms with E-state index in [1.54, 1.807) is 25.1 Å². The molecular formula is C15H14NO5S-. The zero-order chi connectivity index (χ0) is 16.3. The van der Waals surface area contributed by atoms with Crippen LogP contribution >= 0.6 is 0 Å². The highest BCUT2D eigenvalue weighted by Crippen LogP contribution is 2.23. The van der Waals surface area contributed by atoms with Gasteiger partial charge in [0.1, 0.15) is 5.75 Å². The first-order valence-electron chi connectivity index (χ1n) is 6.32. The second-order valence-corrected chi connectivity index (χ2v) is 6.26. The maximum Gasteiger partial charge on any atom is 0.262 e. The number of hydrogen-bond acceptors (Lipinski definition) is 5. The predicted octanol–water partition coefficient (Wildman–Crippen LogP) is 1.17. The number of nitrogens with one attached hydrogen (secondary N) is 1. The van der Waals surface area contributed by atoms with Crippen molar-refractivity contribution in [2.75, 3.05) is 11.8 Å². The van der Waals surface area contributed by atoms with Crippen LogP contribution in [0.15, 0.2) is 47.4 Å². The van der Waals surface area contributed by atoms with E-state index in [0.717, 1.165) is 6.07 Å². The molecule has 0 saturated heterocycles. The van der Waals surface area contributed by atoms with Crippen molar-refractivity contribution >= 4 is 21.7 Å². The van der Waals surface area contributed by atoms with Crippen molar-refractivity contribution in [2.24, 2.45) is 0 Å². The summed E-state index contributed by atoms with van der Waals surface area (Å²) in [6.07, 6.45) is 0. The lowest BCUT2D eigenvalue weighted by molar-refractivity contribution is -0.255. The summed E-state index contributed by atoms with van der Waals surface area (Å²) in [4.78, 5) is 10.8. The Hall–Kier alpha value is -2.54. The predicted molar refractivity (Wildman–Crippen MR) is 79.3 cm³/mol. The van der Waals surface area contributed by atoms with Crippen molar-refractivity contribution in [3.63, 3.8) is 0 Å². The van der Waals surface area contributed by atoms with Gasteiger partial charge in [0.15, 0.2) is 0 Å². The summed E-state index contributed by atoms with van der Waals surface area (Å²) in [7, 11) is -2.45. The summed E-state index contributed by atoms with van der Waals surface area (Å²) in [5, 5.41) is 10.9. The zero-order valence-electron chi connectivity index (χ0n) is 12.0. The molecule has 116 valence electrons. The number of carboxylic acid groups (broad SMARTS) is 1. The minimum Gasteiger partial charge on any atom is -0.545 e. The number of aromatic carboxylic acids is 1. The van der Waals surface area contributed by atoms with Crippen LogP contribution in [-0.4, -0.2) is 21.5 Å². The van der Waals surface area contributed by atoms with E-state index < -0.39 is 16.0 Å². The third-order valence-electron chi connectivity index (χ3n) is 3.04. The molecule has 0 saturated carbocycles. The molecule has 0 spiro atoms. The van der Waals surface area contributed by atoms with Crippen LogP contribution in [0.25, 0.3) is 0 Å². The Kier molecular flexibility index (Phi) is 4.37. The molecule has 0 amide bonds. The van der Waals surface area contributed by atoms with Crippen LogP contribution in [0.4, 0.5) is 5.69 Å². The van der Waals surface area contributed by atoms with Gasteiger partial charge in [0.2, 0.25) is 0 Å². The number of ether oxygens (including phenoxy) is 1. The SMILES string of the molecule is COc1cccc(NS(=O)(=O)c2cc(C(=O)[O-])ccc2C)c1. The maximum atomic E-state index is 12.4. The number of carbonyl (C=O) groups is 1. The van der Waals surface area contributed by atoms with Crippen molar-refractivity contribution in [1.29, 1.82) is 0 Å². The highest BCUT2D eigenvalue weighted by atomic mass is 32.2. The summed E-state index contributed by atoms with van der Waals surface area (Å²) in [5.74, 6) is -0.932. The first kappa shape index (κ1) is 15.8. The van der Waals surface area contributed by atoms with Gasteiger partial charge in [0.05, 0.1) is 23.7 Å². The van der Waals surface area contributed by atoms with Crippen LogP contribution < -0.4 is 14.6 Å². The Balaban J connectivity index is 2.42. The zero-order valence-corrected chi connectivity index (χ0v) is 12.8. The summed E-state index contributed by atoms with van der Waals surface area (Å²) in [5.41, 5.74) is 0.551. The number of carbonyl (C=O) groups excluding carboxylic acids is 1. The number of anilines is 1. The molecule has 0 radical (unpaired) electrons. The Bertz CT molecular complexity index is 814. The molecule has 0 aromatic heterocycles. The number of sulfonamides is 1. The van der Waals surface area contributed by atoms with Gasteiger partial charge in [-0.1, -0.05) is 18.2 Å². The van der Waals surface area contributed by atoms with Crippen LogP contribution in [-0.2, 0) is 10.0 Å². The van der Waals surface area contributed by atoms with E-state index in [0.29, 0.717) is 17.0 Å². The van der Waals surface area contributed by atoms with Crippen LogP contribution in [0.5, 0.6) is 5.75 Å². The maximum absolute atomic E-state index is 12.4.